The average Bonchev–Trinajstić information content (AvgIpc) is 3.24. The van der Waals surface area contributed by atoms with Crippen LogP contribution >= 0.6 is 0 Å². The number of hydrogen-bond acceptors (Lipinski definition) is 5. The van der Waals surface area contributed by atoms with Gasteiger partial charge in [-0.05, 0) is 18.2 Å². The van der Waals surface area contributed by atoms with Crippen molar-refractivity contribution in [2.75, 3.05) is 7.11 Å². The highest BCUT2D eigenvalue weighted by molar-refractivity contribution is 5.91. The number of fused-ring (bicyclic) bond motifs is 1. The molecule has 4 aromatic rings. The van der Waals surface area contributed by atoms with Gasteiger partial charge in [0.05, 0.1) is 18.2 Å². The molecule has 0 atom stereocenters. The van der Waals surface area contributed by atoms with Gasteiger partial charge in [0.2, 0.25) is 5.95 Å². The predicted molar refractivity (Wildman–Crippen MR) is 98.8 cm³/mol. The summed E-state index contributed by atoms with van der Waals surface area (Å²) in [5, 5.41) is 13.4. The number of imidazole rings is 1. The molecule has 0 fully saturated rings. The SMILES string of the molecule is COC(=O)c1ccn2c(C#N)c(-c3c(F)cccc3-c3cn(C)nc3F)nc2c1. The van der Waals surface area contributed by atoms with E-state index in [-0.39, 0.29) is 39.3 Å². The second-order valence-electron chi connectivity index (χ2n) is 6.23. The largest absolute Gasteiger partial charge is 0.465 e. The molecule has 0 radical (unpaired) electrons. The van der Waals surface area contributed by atoms with E-state index in [2.05, 4.69) is 10.1 Å². The van der Waals surface area contributed by atoms with Crippen molar-refractivity contribution in [1.82, 2.24) is 19.2 Å². The number of nitriles is 1. The number of aromatic nitrogens is 4. The Hall–Kier alpha value is -4.06. The van der Waals surface area contributed by atoms with Gasteiger partial charge in [-0.2, -0.15) is 9.65 Å². The van der Waals surface area contributed by atoms with Crippen molar-refractivity contribution in [2.45, 2.75) is 0 Å². The minimum absolute atomic E-state index is 0.0285. The standard InChI is InChI=1S/C20H13F2N5O2/c1-26-10-13(19(22)25-26)12-4-3-5-14(21)17(12)18-15(9-23)27-7-6-11(20(28)29-2)8-16(27)24-18/h3-8,10H,1-2H3. The molecular weight excluding hydrogens is 380 g/mol. The molecule has 9 heteroatoms. The van der Waals surface area contributed by atoms with Crippen molar-refractivity contribution in [1.29, 1.82) is 5.26 Å². The minimum Gasteiger partial charge on any atom is -0.465 e. The number of hydrogen-bond donors (Lipinski definition) is 0. The smallest absolute Gasteiger partial charge is 0.338 e. The van der Waals surface area contributed by atoms with Crippen molar-refractivity contribution in [2.24, 2.45) is 7.05 Å². The number of methoxy groups -OCH3 is 1. The van der Waals surface area contributed by atoms with Crippen molar-refractivity contribution in [3.63, 3.8) is 0 Å². The van der Waals surface area contributed by atoms with E-state index in [9.17, 15) is 18.8 Å². The van der Waals surface area contributed by atoms with E-state index in [0.717, 1.165) is 0 Å². The highest BCUT2D eigenvalue weighted by Crippen LogP contribution is 2.36. The zero-order valence-electron chi connectivity index (χ0n) is 15.3. The molecule has 3 aromatic heterocycles. The molecule has 0 saturated carbocycles. The molecule has 0 unspecified atom stereocenters. The van der Waals surface area contributed by atoms with Crippen LogP contribution in [0.4, 0.5) is 8.78 Å². The maximum atomic E-state index is 14.9. The first-order valence-corrected chi connectivity index (χ1v) is 8.43. The topological polar surface area (TPSA) is 85.2 Å². The van der Waals surface area contributed by atoms with E-state index >= 15 is 0 Å². The second kappa shape index (κ2) is 6.83. The minimum atomic E-state index is -0.769. The van der Waals surface area contributed by atoms with E-state index < -0.39 is 17.7 Å². The number of carbonyl (C=O) groups is 1. The fourth-order valence-electron chi connectivity index (χ4n) is 3.20. The van der Waals surface area contributed by atoms with Gasteiger partial charge in [-0.15, -0.1) is 5.10 Å². The number of rotatable bonds is 3. The Labute approximate surface area is 163 Å². The normalized spacial score (nSPS) is 10.9. The molecule has 144 valence electrons. The Bertz CT molecular complexity index is 1320. The summed E-state index contributed by atoms with van der Waals surface area (Å²) in [6, 6.07) is 9.09. The molecule has 0 amide bonds. The van der Waals surface area contributed by atoms with Crippen LogP contribution in [0.3, 0.4) is 0 Å². The van der Waals surface area contributed by atoms with Crippen LogP contribution in [0, 0.1) is 23.1 Å². The summed E-state index contributed by atoms with van der Waals surface area (Å²) in [6.45, 7) is 0. The maximum Gasteiger partial charge on any atom is 0.338 e. The van der Waals surface area contributed by atoms with E-state index in [1.807, 2.05) is 6.07 Å². The van der Waals surface area contributed by atoms with Crippen molar-refractivity contribution in [3.05, 3.63) is 65.7 Å². The molecule has 0 aliphatic rings. The van der Waals surface area contributed by atoms with E-state index in [4.69, 9.17) is 4.74 Å². The molecule has 3 heterocycles. The third-order valence-electron chi connectivity index (χ3n) is 4.48. The monoisotopic (exact) mass is 393 g/mol. The van der Waals surface area contributed by atoms with Crippen LogP contribution in [0.2, 0.25) is 0 Å². The average molecular weight is 393 g/mol. The van der Waals surface area contributed by atoms with Crippen LogP contribution in [-0.2, 0) is 11.8 Å². The van der Waals surface area contributed by atoms with Gasteiger partial charge in [0.15, 0.2) is 5.69 Å². The molecule has 4 rings (SSSR count). The van der Waals surface area contributed by atoms with Gasteiger partial charge >= 0.3 is 5.97 Å². The molecule has 0 aliphatic heterocycles. The third kappa shape index (κ3) is 2.91. The fraction of sp³-hybridized carbons (Fsp3) is 0.100. The molecular formula is C20H13F2N5O2. The lowest BCUT2D eigenvalue weighted by molar-refractivity contribution is 0.0600. The first-order chi connectivity index (χ1) is 13.9. The van der Waals surface area contributed by atoms with E-state index in [1.54, 1.807) is 7.05 Å². The van der Waals surface area contributed by atoms with Gasteiger partial charge in [0.25, 0.3) is 0 Å². The summed E-state index contributed by atoms with van der Waals surface area (Å²) in [7, 11) is 2.80. The number of nitrogens with zero attached hydrogens (tertiary/aromatic N) is 5. The van der Waals surface area contributed by atoms with Gasteiger partial charge in [-0.25, -0.2) is 14.2 Å². The summed E-state index contributed by atoms with van der Waals surface area (Å²) in [4.78, 5) is 16.1. The summed E-state index contributed by atoms with van der Waals surface area (Å²) in [5.74, 6) is -2.01. The van der Waals surface area contributed by atoms with Gasteiger partial charge in [0, 0.05) is 30.6 Å². The van der Waals surface area contributed by atoms with Crippen LogP contribution in [0.25, 0.3) is 28.0 Å². The molecule has 0 N–H and O–H groups in total. The molecule has 0 aliphatic carbocycles. The lowest BCUT2D eigenvalue weighted by Gasteiger charge is -2.07. The van der Waals surface area contributed by atoms with Crippen molar-refractivity contribution in [3.8, 4) is 28.5 Å². The quantitative estimate of drug-likeness (QED) is 0.499. The highest BCUT2D eigenvalue weighted by atomic mass is 19.1. The molecule has 0 saturated heterocycles. The maximum absolute atomic E-state index is 14.9. The number of halogens is 2. The Morgan fingerprint density at radius 2 is 2.03 bits per heavy atom. The van der Waals surface area contributed by atoms with Crippen molar-refractivity contribution < 1.29 is 18.3 Å². The second-order valence-corrected chi connectivity index (χ2v) is 6.23. The Kier molecular flexibility index (Phi) is 4.31. The summed E-state index contributed by atoms with van der Waals surface area (Å²) >= 11 is 0. The summed E-state index contributed by atoms with van der Waals surface area (Å²) in [5.41, 5.74) is 0.826. The summed E-state index contributed by atoms with van der Waals surface area (Å²) in [6.07, 6.45) is 2.90. The first kappa shape index (κ1) is 18.3. The number of carbonyl (C=O) groups excluding carboxylic acids is 1. The Balaban J connectivity index is 2.02. The van der Waals surface area contributed by atoms with Gasteiger partial charge < -0.3 is 4.74 Å². The van der Waals surface area contributed by atoms with Crippen LogP contribution in [0.1, 0.15) is 16.1 Å². The predicted octanol–water partition coefficient (Wildman–Crippen LogP) is 3.34. The number of ether oxygens (including phenoxy) is 1. The van der Waals surface area contributed by atoms with Crippen LogP contribution < -0.4 is 0 Å². The van der Waals surface area contributed by atoms with Crippen LogP contribution in [0.5, 0.6) is 0 Å². The molecule has 0 bridgehead atoms. The number of benzene rings is 1. The molecule has 29 heavy (non-hydrogen) atoms. The number of aryl methyl sites for hydroxylation is 1. The van der Waals surface area contributed by atoms with Crippen molar-refractivity contribution >= 4 is 11.6 Å². The van der Waals surface area contributed by atoms with Gasteiger partial charge in [0.1, 0.15) is 23.2 Å². The molecule has 0 spiro atoms. The van der Waals surface area contributed by atoms with Gasteiger partial charge in [-0.3, -0.25) is 9.08 Å². The lowest BCUT2D eigenvalue weighted by Crippen LogP contribution is -2.02. The fourth-order valence-corrected chi connectivity index (χ4v) is 3.20. The van der Waals surface area contributed by atoms with Crippen LogP contribution in [-0.4, -0.2) is 32.2 Å². The summed E-state index contributed by atoms with van der Waals surface area (Å²) < 4.78 is 36.6. The number of esters is 1. The zero-order valence-corrected chi connectivity index (χ0v) is 15.3. The first-order valence-electron chi connectivity index (χ1n) is 8.43. The Morgan fingerprint density at radius 1 is 1.24 bits per heavy atom. The zero-order chi connectivity index (χ0) is 20.7. The molecule has 7 nitrogen and oxygen atoms in total. The lowest BCUT2D eigenvalue weighted by atomic mass is 9.98. The highest BCUT2D eigenvalue weighted by Gasteiger charge is 2.24. The Morgan fingerprint density at radius 3 is 2.69 bits per heavy atom. The van der Waals surface area contributed by atoms with E-state index in [0.29, 0.717) is 0 Å². The number of pyridine rings is 1. The van der Waals surface area contributed by atoms with Crippen LogP contribution in [0.15, 0.2) is 42.7 Å². The van der Waals surface area contributed by atoms with Gasteiger partial charge in [-0.1, -0.05) is 12.1 Å². The molecule has 1 aromatic carbocycles. The van der Waals surface area contributed by atoms with E-state index in [1.165, 1.54) is 58.9 Å². The third-order valence-corrected chi connectivity index (χ3v) is 4.48.